The van der Waals surface area contributed by atoms with Crippen molar-refractivity contribution in [2.24, 2.45) is 5.73 Å². The molecule has 0 aliphatic carbocycles. The summed E-state index contributed by atoms with van der Waals surface area (Å²) in [5, 5.41) is 11.3. The number of hydrogen-bond donors (Lipinski definition) is 3. The second-order valence-corrected chi connectivity index (χ2v) is 2.46. The third-order valence-electron chi connectivity index (χ3n) is 1.59. The van der Waals surface area contributed by atoms with Crippen molar-refractivity contribution in [1.82, 2.24) is 5.32 Å². The number of rotatable bonds is 6. The first-order valence-corrected chi connectivity index (χ1v) is 3.82. The highest BCUT2D eigenvalue weighted by Gasteiger charge is 2.12. The van der Waals surface area contributed by atoms with E-state index in [9.17, 15) is 4.79 Å². The molecule has 0 aromatic rings. The van der Waals surface area contributed by atoms with Gasteiger partial charge in [-0.3, -0.25) is 4.79 Å². The SMILES string of the molecule is CN[C@H](CCCCN)C(=O)O. The summed E-state index contributed by atoms with van der Waals surface area (Å²) >= 11 is 0. The average molecular weight is 160 g/mol. The van der Waals surface area contributed by atoms with Gasteiger partial charge in [0.05, 0.1) is 0 Å². The summed E-state index contributed by atoms with van der Waals surface area (Å²) in [5.74, 6) is -0.787. The third-order valence-corrected chi connectivity index (χ3v) is 1.59. The maximum atomic E-state index is 10.4. The number of unbranched alkanes of at least 4 members (excludes halogenated alkanes) is 1. The van der Waals surface area contributed by atoms with E-state index >= 15 is 0 Å². The first kappa shape index (κ1) is 10.4. The van der Waals surface area contributed by atoms with Crippen molar-refractivity contribution in [2.45, 2.75) is 25.3 Å². The second-order valence-electron chi connectivity index (χ2n) is 2.46. The first-order valence-electron chi connectivity index (χ1n) is 3.82. The van der Waals surface area contributed by atoms with Gasteiger partial charge in [0.1, 0.15) is 6.04 Å². The summed E-state index contributed by atoms with van der Waals surface area (Å²) in [7, 11) is 1.65. The van der Waals surface area contributed by atoms with Crippen LogP contribution in [0.15, 0.2) is 0 Å². The number of aliphatic carboxylic acids is 1. The first-order chi connectivity index (χ1) is 5.22. The number of carbonyl (C=O) groups is 1. The molecule has 0 aromatic carbocycles. The molecule has 0 saturated carbocycles. The van der Waals surface area contributed by atoms with Crippen LogP contribution in [-0.2, 0) is 4.79 Å². The minimum Gasteiger partial charge on any atom is -0.480 e. The Morgan fingerprint density at radius 2 is 2.27 bits per heavy atom. The molecule has 0 fully saturated rings. The van der Waals surface area contributed by atoms with E-state index in [0.29, 0.717) is 13.0 Å². The molecule has 4 nitrogen and oxygen atoms in total. The van der Waals surface area contributed by atoms with Crippen LogP contribution in [0.2, 0.25) is 0 Å². The third kappa shape index (κ3) is 4.75. The van der Waals surface area contributed by atoms with Crippen molar-refractivity contribution in [2.75, 3.05) is 13.6 Å². The lowest BCUT2D eigenvalue weighted by atomic mass is 10.1. The van der Waals surface area contributed by atoms with Crippen LogP contribution in [0.4, 0.5) is 0 Å². The molecule has 4 heteroatoms. The van der Waals surface area contributed by atoms with Crippen LogP contribution < -0.4 is 11.1 Å². The smallest absolute Gasteiger partial charge is 0.320 e. The van der Waals surface area contributed by atoms with E-state index < -0.39 is 12.0 Å². The van der Waals surface area contributed by atoms with E-state index in [2.05, 4.69) is 5.32 Å². The van der Waals surface area contributed by atoms with E-state index in [4.69, 9.17) is 10.8 Å². The summed E-state index contributed by atoms with van der Waals surface area (Å²) in [4.78, 5) is 10.4. The van der Waals surface area contributed by atoms with Crippen molar-refractivity contribution in [3.8, 4) is 0 Å². The summed E-state index contributed by atoms with van der Waals surface area (Å²) in [6, 6.07) is -0.415. The molecule has 0 rings (SSSR count). The maximum Gasteiger partial charge on any atom is 0.320 e. The lowest BCUT2D eigenvalue weighted by molar-refractivity contribution is -0.139. The minimum atomic E-state index is -0.787. The van der Waals surface area contributed by atoms with Crippen molar-refractivity contribution < 1.29 is 9.90 Å². The predicted molar refractivity (Wildman–Crippen MR) is 43.4 cm³/mol. The highest BCUT2D eigenvalue weighted by atomic mass is 16.4. The van der Waals surface area contributed by atoms with Crippen LogP contribution in [0.5, 0.6) is 0 Å². The minimum absolute atomic E-state index is 0.415. The number of nitrogens with one attached hydrogen (secondary N) is 1. The number of nitrogens with two attached hydrogens (primary N) is 1. The Labute approximate surface area is 66.8 Å². The van der Waals surface area contributed by atoms with Gasteiger partial charge in [0.2, 0.25) is 0 Å². The van der Waals surface area contributed by atoms with Gasteiger partial charge >= 0.3 is 5.97 Å². The average Bonchev–Trinajstić information content (AvgIpc) is 1.97. The number of carboxylic acid groups (broad SMARTS) is 1. The van der Waals surface area contributed by atoms with Gasteiger partial charge in [0.25, 0.3) is 0 Å². The van der Waals surface area contributed by atoms with E-state index in [1.807, 2.05) is 0 Å². The molecule has 0 amide bonds. The maximum absolute atomic E-state index is 10.4. The standard InChI is InChI=1S/C7H16N2O2/c1-9-6(7(10)11)4-2-3-5-8/h6,9H,2-5,8H2,1H3,(H,10,11)/t6-/m1/s1. The fraction of sp³-hybridized carbons (Fsp3) is 0.857. The lowest BCUT2D eigenvalue weighted by Gasteiger charge is -2.09. The van der Waals surface area contributed by atoms with Crippen molar-refractivity contribution in [3.63, 3.8) is 0 Å². The normalized spacial score (nSPS) is 12.9. The molecular formula is C7H16N2O2. The monoisotopic (exact) mass is 160 g/mol. The van der Waals surface area contributed by atoms with Gasteiger partial charge in [-0.25, -0.2) is 0 Å². The second kappa shape index (κ2) is 6.12. The van der Waals surface area contributed by atoms with E-state index in [-0.39, 0.29) is 0 Å². The molecule has 0 aliphatic rings. The van der Waals surface area contributed by atoms with E-state index in [0.717, 1.165) is 12.8 Å². The molecular weight excluding hydrogens is 144 g/mol. The van der Waals surface area contributed by atoms with Gasteiger partial charge in [-0.15, -0.1) is 0 Å². The Morgan fingerprint density at radius 3 is 2.64 bits per heavy atom. The Balaban J connectivity index is 3.44. The highest BCUT2D eigenvalue weighted by Crippen LogP contribution is 1.99. The van der Waals surface area contributed by atoms with Gasteiger partial charge in [-0.2, -0.15) is 0 Å². The van der Waals surface area contributed by atoms with Crippen LogP contribution in [0, 0.1) is 0 Å². The molecule has 0 radical (unpaired) electrons. The fourth-order valence-electron chi connectivity index (χ4n) is 0.884. The van der Waals surface area contributed by atoms with Gasteiger partial charge < -0.3 is 16.2 Å². The quantitative estimate of drug-likeness (QED) is 0.470. The van der Waals surface area contributed by atoms with Crippen molar-refractivity contribution in [3.05, 3.63) is 0 Å². The molecule has 11 heavy (non-hydrogen) atoms. The highest BCUT2D eigenvalue weighted by molar-refractivity contribution is 5.73. The molecule has 1 atom stereocenters. The van der Waals surface area contributed by atoms with E-state index in [1.54, 1.807) is 7.05 Å². The van der Waals surface area contributed by atoms with Crippen LogP contribution in [-0.4, -0.2) is 30.7 Å². The van der Waals surface area contributed by atoms with Crippen molar-refractivity contribution >= 4 is 5.97 Å². The molecule has 0 aliphatic heterocycles. The van der Waals surface area contributed by atoms with Gasteiger partial charge in [0, 0.05) is 0 Å². The predicted octanol–water partition coefficient (Wildman–Crippen LogP) is -0.212. The number of hydrogen-bond acceptors (Lipinski definition) is 3. The molecule has 0 spiro atoms. The van der Waals surface area contributed by atoms with Crippen molar-refractivity contribution in [1.29, 1.82) is 0 Å². The zero-order valence-corrected chi connectivity index (χ0v) is 6.84. The topological polar surface area (TPSA) is 75.3 Å². The molecule has 4 N–H and O–H groups in total. The summed E-state index contributed by atoms with van der Waals surface area (Å²) in [6.45, 7) is 0.635. The zero-order chi connectivity index (χ0) is 8.69. The molecule has 0 heterocycles. The van der Waals surface area contributed by atoms with Gasteiger partial charge in [-0.1, -0.05) is 6.42 Å². The molecule has 0 unspecified atom stereocenters. The molecule has 66 valence electrons. The van der Waals surface area contributed by atoms with Crippen LogP contribution in [0.3, 0.4) is 0 Å². The molecule has 0 saturated heterocycles. The van der Waals surface area contributed by atoms with Crippen LogP contribution in [0.1, 0.15) is 19.3 Å². The van der Waals surface area contributed by atoms with E-state index in [1.165, 1.54) is 0 Å². The summed E-state index contributed by atoms with van der Waals surface area (Å²) in [6.07, 6.45) is 2.42. The number of carboxylic acids is 1. The Bertz CT molecular complexity index is 117. The largest absolute Gasteiger partial charge is 0.480 e. The molecule has 0 bridgehead atoms. The molecule has 0 aromatic heterocycles. The Hall–Kier alpha value is -0.610. The summed E-state index contributed by atoms with van der Waals surface area (Å²) < 4.78 is 0. The van der Waals surface area contributed by atoms with Crippen LogP contribution >= 0.6 is 0 Å². The Morgan fingerprint density at radius 1 is 1.64 bits per heavy atom. The number of likely N-dealkylation sites (N-methyl/N-ethyl adjacent to an activating group) is 1. The summed E-state index contributed by atoms with van der Waals surface area (Å²) in [5.41, 5.74) is 5.26. The lowest BCUT2D eigenvalue weighted by Crippen LogP contribution is -2.33. The van der Waals surface area contributed by atoms with Gasteiger partial charge in [0.15, 0.2) is 0 Å². The zero-order valence-electron chi connectivity index (χ0n) is 6.84. The fourth-order valence-corrected chi connectivity index (χ4v) is 0.884. The van der Waals surface area contributed by atoms with Gasteiger partial charge in [-0.05, 0) is 26.4 Å². The van der Waals surface area contributed by atoms with Crippen LogP contribution in [0.25, 0.3) is 0 Å². The Kier molecular flexibility index (Phi) is 5.78.